The Morgan fingerprint density at radius 1 is 1.23 bits per heavy atom. The Morgan fingerprint density at radius 3 is 2.73 bits per heavy atom. The zero-order chi connectivity index (χ0) is 15.8. The molecule has 0 saturated heterocycles. The summed E-state index contributed by atoms with van der Waals surface area (Å²) in [4.78, 5) is 22.9. The van der Waals surface area contributed by atoms with Crippen molar-refractivity contribution in [1.82, 2.24) is 5.32 Å². The number of aliphatic carboxylic acids is 1. The van der Waals surface area contributed by atoms with E-state index in [0.717, 1.165) is 18.4 Å². The maximum absolute atomic E-state index is 11.8. The molecule has 5 heteroatoms. The highest BCUT2D eigenvalue weighted by Crippen LogP contribution is 2.25. The van der Waals surface area contributed by atoms with E-state index in [4.69, 9.17) is 9.84 Å². The molecule has 22 heavy (non-hydrogen) atoms. The highest BCUT2D eigenvalue weighted by Gasteiger charge is 2.33. The largest absolute Gasteiger partial charge is 0.481 e. The van der Waals surface area contributed by atoms with Gasteiger partial charge >= 0.3 is 5.97 Å². The predicted octanol–water partition coefficient (Wildman–Crippen LogP) is 2.35. The van der Waals surface area contributed by atoms with Crippen LogP contribution in [0.15, 0.2) is 30.3 Å². The summed E-state index contributed by atoms with van der Waals surface area (Å²) >= 11 is 0. The van der Waals surface area contributed by atoms with Gasteiger partial charge in [-0.25, -0.2) is 0 Å². The van der Waals surface area contributed by atoms with Gasteiger partial charge in [0.1, 0.15) is 0 Å². The SMILES string of the molecule is O=C(CCCOCc1ccccc1)N[C@H]1CCC[C@H]1C(=O)O. The number of nitrogens with one attached hydrogen (secondary N) is 1. The highest BCUT2D eigenvalue weighted by atomic mass is 16.5. The minimum Gasteiger partial charge on any atom is -0.481 e. The van der Waals surface area contributed by atoms with E-state index in [2.05, 4.69) is 5.32 Å². The van der Waals surface area contributed by atoms with E-state index in [1.165, 1.54) is 0 Å². The van der Waals surface area contributed by atoms with Crippen molar-refractivity contribution in [1.29, 1.82) is 0 Å². The summed E-state index contributed by atoms with van der Waals surface area (Å²) in [5, 5.41) is 11.9. The van der Waals surface area contributed by atoms with Gasteiger partial charge in [-0.2, -0.15) is 0 Å². The molecular weight excluding hydrogens is 282 g/mol. The zero-order valence-electron chi connectivity index (χ0n) is 12.7. The Morgan fingerprint density at radius 2 is 2.00 bits per heavy atom. The third-order valence-corrected chi connectivity index (χ3v) is 3.98. The first-order valence-corrected chi connectivity index (χ1v) is 7.80. The maximum atomic E-state index is 11.8. The number of hydrogen-bond donors (Lipinski definition) is 2. The standard InChI is InChI=1S/C17H23NO4/c19-16(18-15-9-4-8-14(15)17(20)21)10-5-11-22-12-13-6-2-1-3-7-13/h1-3,6-7,14-15H,4-5,8-12H2,(H,18,19)(H,20,21)/t14-,15+/m1/s1. The first-order chi connectivity index (χ1) is 10.7. The van der Waals surface area contributed by atoms with E-state index < -0.39 is 11.9 Å². The molecule has 0 aliphatic heterocycles. The average Bonchev–Trinajstić information content (AvgIpc) is 2.96. The van der Waals surface area contributed by atoms with Crippen LogP contribution in [0.25, 0.3) is 0 Å². The minimum absolute atomic E-state index is 0.0820. The summed E-state index contributed by atoms with van der Waals surface area (Å²) in [6.07, 6.45) is 3.29. The lowest BCUT2D eigenvalue weighted by atomic mass is 10.0. The van der Waals surface area contributed by atoms with E-state index in [-0.39, 0.29) is 11.9 Å². The topological polar surface area (TPSA) is 75.6 Å². The molecule has 120 valence electrons. The third-order valence-electron chi connectivity index (χ3n) is 3.98. The molecule has 2 N–H and O–H groups in total. The number of amides is 1. The second-order valence-corrected chi connectivity index (χ2v) is 5.69. The first kappa shape index (κ1) is 16.5. The quantitative estimate of drug-likeness (QED) is 0.723. The van der Waals surface area contributed by atoms with Gasteiger partial charge in [-0.15, -0.1) is 0 Å². The van der Waals surface area contributed by atoms with Gasteiger partial charge < -0.3 is 15.2 Å². The molecule has 0 bridgehead atoms. The Kier molecular flexibility index (Phi) is 6.40. The van der Waals surface area contributed by atoms with E-state index >= 15 is 0 Å². The fraction of sp³-hybridized carbons (Fsp3) is 0.529. The molecule has 2 atom stereocenters. The molecule has 1 aliphatic carbocycles. The maximum Gasteiger partial charge on any atom is 0.308 e. The summed E-state index contributed by atoms with van der Waals surface area (Å²) in [5.41, 5.74) is 1.11. The first-order valence-electron chi connectivity index (χ1n) is 7.80. The van der Waals surface area contributed by atoms with Crippen LogP contribution in [0, 0.1) is 5.92 Å². The van der Waals surface area contributed by atoms with Crippen LogP contribution < -0.4 is 5.32 Å². The highest BCUT2D eigenvalue weighted by molar-refractivity contribution is 5.78. The fourth-order valence-electron chi connectivity index (χ4n) is 2.81. The lowest BCUT2D eigenvalue weighted by Gasteiger charge is -2.17. The van der Waals surface area contributed by atoms with Crippen LogP contribution in [0.4, 0.5) is 0 Å². The minimum atomic E-state index is -0.811. The molecule has 0 spiro atoms. The third kappa shape index (κ3) is 5.15. The number of carbonyl (C=O) groups is 2. The molecule has 0 heterocycles. The predicted molar refractivity (Wildman–Crippen MR) is 82.2 cm³/mol. The summed E-state index contributed by atoms with van der Waals surface area (Å²) < 4.78 is 5.53. The molecule has 1 aliphatic rings. The number of ether oxygens (including phenoxy) is 1. The summed E-state index contributed by atoms with van der Waals surface area (Å²) in [6, 6.07) is 9.67. The van der Waals surface area contributed by atoms with Crippen molar-refractivity contribution in [2.24, 2.45) is 5.92 Å². The van der Waals surface area contributed by atoms with Crippen molar-refractivity contribution in [3.05, 3.63) is 35.9 Å². The lowest BCUT2D eigenvalue weighted by Crippen LogP contribution is -2.40. The van der Waals surface area contributed by atoms with Crippen molar-refractivity contribution >= 4 is 11.9 Å². The van der Waals surface area contributed by atoms with Gasteiger partial charge in [-0.3, -0.25) is 9.59 Å². The Labute approximate surface area is 130 Å². The van der Waals surface area contributed by atoms with Crippen LogP contribution in [0.1, 0.15) is 37.7 Å². The van der Waals surface area contributed by atoms with Crippen molar-refractivity contribution in [2.45, 2.75) is 44.8 Å². The molecular formula is C17H23NO4. The molecule has 1 aromatic carbocycles. The molecule has 0 unspecified atom stereocenters. The molecule has 2 rings (SSSR count). The molecule has 1 aromatic rings. The van der Waals surface area contributed by atoms with Gasteiger partial charge in [0.2, 0.25) is 5.91 Å². The van der Waals surface area contributed by atoms with Gasteiger partial charge in [0.15, 0.2) is 0 Å². The van der Waals surface area contributed by atoms with Crippen LogP contribution in [0.2, 0.25) is 0 Å². The fourth-order valence-corrected chi connectivity index (χ4v) is 2.81. The smallest absolute Gasteiger partial charge is 0.308 e. The summed E-state index contributed by atoms with van der Waals surface area (Å²) in [5.74, 6) is -1.33. The van der Waals surface area contributed by atoms with Gasteiger partial charge in [-0.05, 0) is 24.8 Å². The van der Waals surface area contributed by atoms with Crippen LogP contribution in [-0.2, 0) is 20.9 Å². The Bertz CT molecular complexity index is 489. The van der Waals surface area contributed by atoms with Gasteiger partial charge in [0.25, 0.3) is 0 Å². The Hall–Kier alpha value is -1.88. The molecule has 5 nitrogen and oxygen atoms in total. The molecule has 0 aromatic heterocycles. The van der Waals surface area contributed by atoms with Gasteiger partial charge in [-0.1, -0.05) is 36.8 Å². The van der Waals surface area contributed by atoms with Crippen LogP contribution in [0.3, 0.4) is 0 Å². The molecule has 1 saturated carbocycles. The van der Waals surface area contributed by atoms with Crippen molar-refractivity contribution in [2.75, 3.05) is 6.61 Å². The van der Waals surface area contributed by atoms with Crippen LogP contribution in [-0.4, -0.2) is 29.6 Å². The van der Waals surface area contributed by atoms with Crippen molar-refractivity contribution in [3.63, 3.8) is 0 Å². The lowest BCUT2D eigenvalue weighted by molar-refractivity contribution is -0.142. The normalized spacial score (nSPS) is 20.7. The van der Waals surface area contributed by atoms with Crippen LogP contribution >= 0.6 is 0 Å². The summed E-state index contributed by atoms with van der Waals surface area (Å²) in [6.45, 7) is 1.07. The number of carboxylic acids is 1. The zero-order valence-corrected chi connectivity index (χ0v) is 12.7. The van der Waals surface area contributed by atoms with E-state index in [0.29, 0.717) is 32.5 Å². The number of hydrogen-bond acceptors (Lipinski definition) is 3. The van der Waals surface area contributed by atoms with E-state index in [1.54, 1.807) is 0 Å². The molecule has 1 amide bonds. The van der Waals surface area contributed by atoms with Crippen molar-refractivity contribution in [3.8, 4) is 0 Å². The average molecular weight is 305 g/mol. The Balaban J connectivity index is 1.59. The number of rotatable bonds is 8. The number of carbonyl (C=O) groups excluding carboxylic acids is 1. The van der Waals surface area contributed by atoms with Crippen molar-refractivity contribution < 1.29 is 19.4 Å². The second-order valence-electron chi connectivity index (χ2n) is 5.69. The van der Waals surface area contributed by atoms with E-state index in [1.807, 2.05) is 30.3 Å². The summed E-state index contributed by atoms with van der Waals surface area (Å²) in [7, 11) is 0. The molecule has 0 radical (unpaired) electrons. The van der Waals surface area contributed by atoms with E-state index in [9.17, 15) is 9.59 Å². The monoisotopic (exact) mass is 305 g/mol. The van der Waals surface area contributed by atoms with Crippen LogP contribution in [0.5, 0.6) is 0 Å². The second kappa shape index (κ2) is 8.54. The number of carboxylic acid groups (broad SMARTS) is 1. The van der Waals surface area contributed by atoms with Gasteiger partial charge in [0, 0.05) is 19.1 Å². The van der Waals surface area contributed by atoms with Gasteiger partial charge in [0.05, 0.1) is 12.5 Å². The molecule has 1 fully saturated rings. The number of benzene rings is 1.